The number of carbonyl (C=O) groups excluding carboxylic acids is 1. The average Bonchev–Trinajstić information content (AvgIpc) is 3.26. The molecule has 2 aliphatic carbocycles. The summed E-state index contributed by atoms with van der Waals surface area (Å²) in [5.74, 6) is 2.49. The van der Waals surface area contributed by atoms with E-state index in [0.29, 0.717) is 11.8 Å². The summed E-state index contributed by atoms with van der Waals surface area (Å²) in [6.45, 7) is 6.21. The first kappa shape index (κ1) is 13.6. The number of amides is 1. The number of rotatable bonds is 8. The van der Waals surface area contributed by atoms with E-state index in [2.05, 4.69) is 30.9 Å². The minimum Gasteiger partial charge on any atom is -0.342 e. The quantitative estimate of drug-likeness (QED) is 0.602. The van der Waals surface area contributed by atoms with Crippen LogP contribution in [0.25, 0.3) is 0 Å². The maximum absolute atomic E-state index is 12.0. The SMILES string of the molecule is CC/C=C\CCC1CC1CN(CC)C(=O)C1CC1. The third kappa shape index (κ3) is 3.86. The van der Waals surface area contributed by atoms with Crippen LogP contribution in [0.2, 0.25) is 0 Å². The summed E-state index contributed by atoms with van der Waals surface area (Å²) in [7, 11) is 0. The zero-order valence-corrected chi connectivity index (χ0v) is 11.9. The molecule has 2 aliphatic rings. The van der Waals surface area contributed by atoms with Crippen LogP contribution in [-0.4, -0.2) is 23.9 Å². The average molecular weight is 249 g/mol. The summed E-state index contributed by atoms with van der Waals surface area (Å²) >= 11 is 0. The van der Waals surface area contributed by atoms with Gasteiger partial charge >= 0.3 is 0 Å². The molecule has 102 valence electrons. The second kappa shape index (κ2) is 6.40. The van der Waals surface area contributed by atoms with E-state index in [1.807, 2.05) is 0 Å². The van der Waals surface area contributed by atoms with E-state index in [1.54, 1.807) is 0 Å². The van der Waals surface area contributed by atoms with Gasteiger partial charge in [-0.05, 0) is 57.3 Å². The molecule has 2 heteroatoms. The van der Waals surface area contributed by atoms with Gasteiger partial charge in [-0.15, -0.1) is 0 Å². The fourth-order valence-electron chi connectivity index (χ4n) is 2.73. The van der Waals surface area contributed by atoms with Crippen molar-refractivity contribution in [2.24, 2.45) is 17.8 Å². The maximum atomic E-state index is 12.0. The van der Waals surface area contributed by atoms with E-state index in [0.717, 1.165) is 44.2 Å². The van der Waals surface area contributed by atoms with Crippen molar-refractivity contribution >= 4 is 5.91 Å². The number of carbonyl (C=O) groups is 1. The summed E-state index contributed by atoms with van der Waals surface area (Å²) in [4.78, 5) is 14.1. The summed E-state index contributed by atoms with van der Waals surface area (Å²) < 4.78 is 0. The van der Waals surface area contributed by atoms with Gasteiger partial charge in [-0.25, -0.2) is 0 Å². The van der Waals surface area contributed by atoms with Gasteiger partial charge in [-0.1, -0.05) is 19.1 Å². The molecule has 0 radical (unpaired) electrons. The Labute approximate surface area is 111 Å². The highest BCUT2D eigenvalue weighted by Crippen LogP contribution is 2.43. The van der Waals surface area contributed by atoms with Crippen molar-refractivity contribution in [3.8, 4) is 0 Å². The molecule has 0 aromatic carbocycles. The lowest BCUT2D eigenvalue weighted by atomic mass is 10.1. The van der Waals surface area contributed by atoms with Crippen LogP contribution in [-0.2, 0) is 4.79 Å². The molecule has 2 rings (SSSR count). The topological polar surface area (TPSA) is 20.3 Å². The van der Waals surface area contributed by atoms with Crippen molar-refractivity contribution in [3.63, 3.8) is 0 Å². The Morgan fingerprint density at radius 3 is 2.61 bits per heavy atom. The first-order valence-corrected chi connectivity index (χ1v) is 7.70. The van der Waals surface area contributed by atoms with Gasteiger partial charge in [0, 0.05) is 19.0 Å². The zero-order chi connectivity index (χ0) is 13.0. The second-order valence-corrected chi connectivity index (χ2v) is 5.86. The molecule has 0 aromatic rings. The van der Waals surface area contributed by atoms with E-state index in [1.165, 1.54) is 19.3 Å². The van der Waals surface area contributed by atoms with Crippen LogP contribution in [0.5, 0.6) is 0 Å². The Morgan fingerprint density at radius 2 is 2.00 bits per heavy atom. The highest BCUT2D eigenvalue weighted by Gasteiger charge is 2.40. The van der Waals surface area contributed by atoms with Crippen LogP contribution >= 0.6 is 0 Å². The molecule has 2 unspecified atom stereocenters. The number of nitrogens with zero attached hydrogens (tertiary/aromatic N) is 1. The lowest BCUT2D eigenvalue weighted by molar-refractivity contribution is -0.132. The smallest absolute Gasteiger partial charge is 0.225 e. The largest absolute Gasteiger partial charge is 0.342 e. The number of allylic oxidation sites excluding steroid dienone is 2. The van der Waals surface area contributed by atoms with Crippen molar-refractivity contribution < 1.29 is 4.79 Å². The molecule has 0 heterocycles. The minimum atomic E-state index is 0.384. The monoisotopic (exact) mass is 249 g/mol. The van der Waals surface area contributed by atoms with Gasteiger partial charge < -0.3 is 4.90 Å². The zero-order valence-electron chi connectivity index (χ0n) is 11.9. The Balaban J connectivity index is 1.64. The fourth-order valence-corrected chi connectivity index (χ4v) is 2.73. The van der Waals surface area contributed by atoms with Crippen LogP contribution in [0.1, 0.15) is 52.4 Å². The van der Waals surface area contributed by atoms with E-state index >= 15 is 0 Å². The highest BCUT2D eigenvalue weighted by atomic mass is 16.2. The van der Waals surface area contributed by atoms with Gasteiger partial charge in [0.1, 0.15) is 0 Å². The van der Waals surface area contributed by atoms with Gasteiger partial charge in [0.25, 0.3) is 0 Å². The molecule has 2 saturated carbocycles. The molecule has 0 N–H and O–H groups in total. The van der Waals surface area contributed by atoms with E-state index in [9.17, 15) is 4.79 Å². The summed E-state index contributed by atoms with van der Waals surface area (Å²) in [5, 5.41) is 0. The lowest BCUT2D eigenvalue weighted by Crippen LogP contribution is -2.34. The molecule has 0 aliphatic heterocycles. The molecule has 18 heavy (non-hydrogen) atoms. The van der Waals surface area contributed by atoms with Crippen molar-refractivity contribution in [2.45, 2.75) is 52.4 Å². The Bertz CT molecular complexity index is 306. The van der Waals surface area contributed by atoms with E-state index in [-0.39, 0.29) is 0 Å². The van der Waals surface area contributed by atoms with Crippen molar-refractivity contribution in [1.82, 2.24) is 4.90 Å². The van der Waals surface area contributed by atoms with Crippen LogP contribution in [0.4, 0.5) is 0 Å². The first-order valence-electron chi connectivity index (χ1n) is 7.70. The normalized spacial score (nSPS) is 26.6. The third-order valence-corrected chi connectivity index (χ3v) is 4.25. The molecular formula is C16H27NO. The van der Waals surface area contributed by atoms with E-state index in [4.69, 9.17) is 0 Å². The first-order chi connectivity index (χ1) is 8.76. The van der Waals surface area contributed by atoms with Gasteiger partial charge in [0.15, 0.2) is 0 Å². The van der Waals surface area contributed by atoms with Crippen LogP contribution in [0, 0.1) is 17.8 Å². The van der Waals surface area contributed by atoms with Crippen molar-refractivity contribution in [1.29, 1.82) is 0 Å². The molecule has 2 fully saturated rings. The summed E-state index contributed by atoms with van der Waals surface area (Å²) in [5.41, 5.74) is 0. The van der Waals surface area contributed by atoms with Gasteiger partial charge in [-0.2, -0.15) is 0 Å². The summed E-state index contributed by atoms with van der Waals surface area (Å²) in [6.07, 6.45) is 11.8. The Kier molecular flexibility index (Phi) is 4.85. The van der Waals surface area contributed by atoms with Crippen molar-refractivity contribution in [2.75, 3.05) is 13.1 Å². The third-order valence-electron chi connectivity index (χ3n) is 4.25. The lowest BCUT2D eigenvalue weighted by Gasteiger charge is -2.20. The number of hydrogen-bond acceptors (Lipinski definition) is 1. The predicted molar refractivity (Wildman–Crippen MR) is 75.2 cm³/mol. The van der Waals surface area contributed by atoms with Crippen LogP contribution in [0.3, 0.4) is 0 Å². The van der Waals surface area contributed by atoms with Crippen LogP contribution < -0.4 is 0 Å². The van der Waals surface area contributed by atoms with Gasteiger partial charge in [0.2, 0.25) is 5.91 Å². The van der Waals surface area contributed by atoms with Crippen molar-refractivity contribution in [3.05, 3.63) is 12.2 Å². The molecule has 0 spiro atoms. The summed E-state index contributed by atoms with van der Waals surface area (Å²) in [6, 6.07) is 0. The Morgan fingerprint density at radius 1 is 1.22 bits per heavy atom. The fraction of sp³-hybridized carbons (Fsp3) is 0.812. The molecular weight excluding hydrogens is 222 g/mol. The van der Waals surface area contributed by atoms with Gasteiger partial charge in [-0.3, -0.25) is 4.79 Å². The molecule has 1 amide bonds. The minimum absolute atomic E-state index is 0.384. The van der Waals surface area contributed by atoms with Gasteiger partial charge in [0.05, 0.1) is 0 Å². The number of hydrogen-bond donors (Lipinski definition) is 0. The molecule has 0 bridgehead atoms. The molecule has 2 atom stereocenters. The maximum Gasteiger partial charge on any atom is 0.225 e. The molecule has 0 saturated heterocycles. The van der Waals surface area contributed by atoms with Crippen LogP contribution in [0.15, 0.2) is 12.2 Å². The molecule has 0 aromatic heterocycles. The predicted octanol–water partition coefficient (Wildman–Crippen LogP) is 3.63. The Hall–Kier alpha value is -0.790. The standard InChI is InChI=1S/C16H27NO/c1-3-5-6-7-8-14-11-15(14)12-17(4-2)16(18)13-9-10-13/h5-6,13-15H,3-4,7-12H2,1-2H3/b6-5-. The second-order valence-electron chi connectivity index (χ2n) is 5.86. The van der Waals surface area contributed by atoms with E-state index < -0.39 is 0 Å². The highest BCUT2D eigenvalue weighted by molar-refractivity contribution is 5.81. The molecule has 2 nitrogen and oxygen atoms in total.